The number of thioether (sulfide) groups is 2. The maximum atomic E-state index is 12.9. The summed E-state index contributed by atoms with van der Waals surface area (Å²) in [5.41, 5.74) is 3.75. The number of aromatic nitrogens is 1. The van der Waals surface area contributed by atoms with Gasteiger partial charge in [-0.05, 0) is 18.6 Å². The van der Waals surface area contributed by atoms with E-state index in [4.69, 9.17) is 0 Å². The lowest BCUT2D eigenvalue weighted by Crippen LogP contribution is -2.41. The van der Waals surface area contributed by atoms with Crippen LogP contribution in [-0.2, 0) is 5.75 Å². The first kappa shape index (κ1) is 16.9. The van der Waals surface area contributed by atoms with Crippen LogP contribution in [-0.4, -0.2) is 39.9 Å². The summed E-state index contributed by atoms with van der Waals surface area (Å²) in [5, 5.41) is 2.63. The minimum absolute atomic E-state index is 0.171. The highest BCUT2D eigenvalue weighted by atomic mass is 32.2. The van der Waals surface area contributed by atoms with Gasteiger partial charge in [-0.25, -0.2) is 4.98 Å². The van der Waals surface area contributed by atoms with Crippen molar-refractivity contribution in [2.24, 2.45) is 0 Å². The van der Waals surface area contributed by atoms with Gasteiger partial charge in [0.2, 0.25) is 0 Å². The molecule has 0 saturated carbocycles. The van der Waals surface area contributed by atoms with Crippen LogP contribution in [0.2, 0.25) is 0 Å². The Morgan fingerprint density at radius 1 is 1.43 bits per heavy atom. The van der Waals surface area contributed by atoms with Crippen LogP contribution >= 0.6 is 34.9 Å². The molecule has 1 aliphatic heterocycles. The van der Waals surface area contributed by atoms with Gasteiger partial charge in [0.1, 0.15) is 0 Å². The molecule has 3 nitrogen and oxygen atoms in total. The van der Waals surface area contributed by atoms with E-state index >= 15 is 0 Å². The predicted molar refractivity (Wildman–Crippen MR) is 101 cm³/mol. The molecular formula is C17H20N2OS3. The molecule has 1 aliphatic rings. The lowest BCUT2D eigenvalue weighted by Gasteiger charge is -2.32. The van der Waals surface area contributed by atoms with Crippen molar-refractivity contribution in [2.45, 2.75) is 29.2 Å². The molecule has 122 valence electrons. The topological polar surface area (TPSA) is 33.2 Å². The quantitative estimate of drug-likeness (QED) is 0.736. The first-order valence-corrected chi connectivity index (χ1v) is 10.8. The lowest BCUT2D eigenvalue weighted by atomic mass is 10.2. The molecule has 3 rings (SSSR count). The van der Waals surface area contributed by atoms with Gasteiger partial charge in [0.25, 0.3) is 5.91 Å². The molecule has 0 N–H and O–H groups in total. The summed E-state index contributed by atoms with van der Waals surface area (Å²) in [4.78, 5) is 20.3. The fraction of sp³-hybridized carbons (Fsp3) is 0.412. The monoisotopic (exact) mass is 364 g/mol. The smallest absolute Gasteiger partial charge is 0.255 e. The Morgan fingerprint density at radius 3 is 3.09 bits per heavy atom. The van der Waals surface area contributed by atoms with E-state index in [1.165, 1.54) is 0 Å². The number of hydrogen-bond acceptors (Lipinski definition) is 5. The molecule has 1 fully saturated rings. The van der Waals surface area contributed by atoms with Crippen LogP contribution < -0.4 is 0 Å². The van der Waals surface area contributed by atoms with Crippen LogP contribution in [0.4, 0.5) is 0 Å². The van der Waals surface area contributed by atoms with Crippen LogP contribution in [0.15, 0.2) is 40.1 Å². The van der Waals surface area contributed by atoms with E-state index < -0.39 is 0 Å². The fourth-order valence-electron chi connectivity index (χ4n) is 2.55. The van der Waals surface area contributed by atoms with Crippen molar-refractivity contribution in [2.75, 3.05) is 18.8 Å². The Balaban J connectivity index is 1.72. The molecule has 1 amide bonds. The molecule has 23 heavy (non-hydrogen) atoms. The molecule has 2 heterocycles. The van der Waals surface area contributed by atoms with Crippen molar-refractivity contribution in [1.82, 2.24) is 9.88 Å². The molecule has 1 saturated heterocycles. The van der Waals surface area contributed by atoms with E-state index in [9.17, 15) is 4.79 Å². The lowest BCUT2D eigenvalue weighted by molar-refractivity contribution is 0.0757. The number of nitrogens with zero attached hydrogens (tertiary/aromatic N) is 2. The Bertz CT molecular complexity index is 645. The zero-order valence-corrected chi connectivity index (χ0v) is 15.6. The average molecular weight is 365 g/mol. The zero-order chi connectivity index (χ0) is 16.1. The normalized spacial score (nSPS) is 18.1. The Hall–Kier alpha value is -0.980. The van der Waals surface area contributed by atoms with Gasteiger partial charge in [-0.1, -0.05) is 19.1 Å². The molecule has 0 spiro atoms. The van der Waals surface area contributed by atoms with Crippen LogP contribution in [0.25, 0.3) is 0 Å². The van der Waals surface area contributed by atoms with E-state index in [1.54, 1.807) is 23.1 Å². The van der Waals surface area contributed by atoms with E-state index in [-0.39, 0.29) is 5.91 Å². The van der Waals surface area contributed by atoms with Crippen LogP contribution in [0.3, 0.4) is 0 Å². The Labute approximate surface area is 149 Å². The molecule has 0 bridgehead atoms. The zero-order valence-electron chi connectivity index (χ0n) is 13.1. The van der Waals surface area contributed by atoms with E-state index in [0.717, 1.165) is 47.2 Å². The number of benzene rings is 1. The van der Waals surface area contributed by atoms with Crippen molar-refractivity contribution < 1.29 is 4.79 Å². The predicted octanol–water partition coefficient (Wildman–Crippen LogP) is 4.40. The third kappa shape index (κ3) is 4.31. The summed E-state index contributed by atoms with van der Waals surface area (Å²) in [5.74, 6) is 2.02. The van der Waals surface area contributed by atoms with Gasteiger partial charge >= 0.3 is 0 Å². The highest BCUT2D eigenvalue weighted by Crippen LogP contribution is 2.29. The second-order valence-corrected chi connectivity index (χ2v) is 8.56. The maximum absolute atomic E-state index is 12.9. The maximum Gasteiger partial charge on any atom is 0.255 e. The van der Waals surface area contributed by atoms with Crippen molar-refractivity contribution in [3.63, 3.8) is 0 Å². The van der Waals surface area contributed by atoms with Crippen molar-refractivity contribution in [3.05, 3.63) is 46.4 Å². The molecule has 0 aliphatic carbocycles. The summed E-state index contributed by atoms with van der Waals surface area (Å²) in [6.07, 6.45) is 1.12. The first-order valence-electron chi connectivity index (χ1n) is 7.77. The number of carbonyl (C=O) groups is 1. The Morgan fingerprint density at radius 2 is 2.30 bits per heavy atom. The molecule has 1 aromatic carbocycles. The minimum atomic E-state index is 0.171. The summed E-state index contributed by atoms with van der Waals surface area (Å²) >= 11 is 5.29. The SMILES string of the molecule is CC[C@H]1CN(C(=O)c2ccccc2SCc2cscn2)CCS1. The molecule has 1 aromatic heterocycles. The summed E-state index contributed by atoms with van der Waals surface area (Å²) < 4.78 is 0. The third-order valence-electron chi connectivity index (χ3n) is 3.86. The Kier molecular flexibility index (Phi) is 6.02. The highest BCUT2D eigenvalue weighted by molar-refractivity contribution is 8.00. The van der Waals surface area contributed by atoms with Gasteiger partial charge in [0, 0.05) is 40.1 Å². The van der Waals surface area contributed by atoms with E-state index in [2.05, 4.69) is 17.3 Å². The van der Waals surface area contributed by atoms with Crippen molar-refractivity contribution >= 4 is 40.8 Å². The first-order chi connectivity index (χ1) is 11.3. The van der Waals surface area contributed by atoms with Crippen LogP contribution in [0, 0.1) is 0 Å². The molecule has 1 atom stereocenters. The highest BCUT2D eigenvalue weighted by Gasteiger charge is 2.25. The minimum Gasteiger partial charge on any atom is -0.337 e. The van der Waals surface area contributed by atoms with E-state index in [1.807, 2.05) is 46.4 Å². The molecule has 2 aromatic rings. The van der Waals surface area contributed by atoms with Crippen molar-refractivity contribution in [3.8, 4) is 0 Å². The number of rotatable bonds is 5. The second-order valence-electron chi connectivity index (χ2n) is 5.42. The van der Waals surface area contributed by atoms with Crippen molar-refractivity contribution in [1.29, 1.82) is 0 Å². The van der Waals surface area contributed by atoms with Gasteiger partial charge in [-0.15, -0.1) is 23.1 Å². The van der Waals surface area contributed by atoms with Gasteiger partial charge in [0.15, 0.2) is 0 Å². The molecule has 0 radical (unpaired) electrons. The average Bonchev–Trinajstić information content (AvgIpc) is 3.13. The van der Waals surface area contributed by atoms with Gasteiger partial charge < -0.3 is 4.90 Å². The van der Waals surface area contributed by atoms with Crippen LogP contribution in [0.1, 0.15) is 29.4 Å². The second kappa shape index (κ2) is 8.22. The standard InChI is InChI=1S/C17H20N2OS3/c1-2-14-9-19(7-8-22-14)17(20)15-5-3-4-6-16(15)23-11-13-10-21-12-18-13/h3-6,10,12,14H,2,7-9,11H2,1H3/t14-/m0/s1. The van der Waals surface area contributed by atoms with Gasteiger partial charge in [-0.2, -0.15) is 11.8 Å². The summed E-state index contributed by atoms with van der Waals surface area (Å²) in [6, 6.07) is 7.95. The molecule has 6 heteroatoms. The summed E-state index contributed by atoms with van der Waals surface area (Å²) in [6.45, 7) is 3.92. The number of hydrogen-bond donors (Lipinski definition) is 0. The van der Waals surface area contributed by atoms with Gasteiger partial charge in [0.05, 0.1) is 16.8 Å². The van der Waals surface area contributed by atoms with Gasteiger partial charge in [-0.3, -0.25) is 4.79 Å². The van der Waals surface area contributed by atoms with Crippen LogP contribution in [0.5, 0.6) is 0 Å². The number of carbonyl (C=O) groups excluding carboxylic acids is 1. The molecular weight excluding hydrogens is 344 g/mol. The largest absolute Gasteiger partial charge is 0.337 e. The third-order valence-corrected chi connectivity index (χ3v) is 6.97. The number of thiazole rings is 1. The fourth-order valence-corrected chi connectivity index (χ4v) is 5.34. The number of amides is 1. The van der Waals surface area contributed by atoms with E-state index in [0.29, 0.717) is 5.25 Å². The summed E-state index contributed by atoms with van der Waals surface area (Å²) in [7, 11) is 0. The molecule has 0 unspecified atom stereocenters.